The van der Waals surface area contributed by atoms with Gasteiger partial charge in [0.2, 0.25) is 5.91 Å². The first-order chi connectivity index (χ1) is 8.24. The summed E-state index contributed by atoms with van der Waals surface area (Å²) in [6.07, 6.45) is 7.29. The van der Waals surface area contributed by atoms with Gasteiger partial charge in [0.15, 0.2) is 0 Å². The number of hydrogen-bond donors (Lipinski definition) is 2. The Balaban J connectivity index is 1.50. The summed E-state index contributed by atoms with van der Waals surface area (Å²) in [7, 11) is 0. The average molecular weight is 239 g/mol. The van der Waals surface area contributed by atoms with Gasteiger partial charge in [-0.15, -0.1) is 0 Å². The lowest BCUT2D eigenvalue weighted by Gasteiger charge is -2.29. The van der Waals surface area contributed by atoms with E-state index in [9.17, 15) is 4.79 Å². The van der Waals surface area contributed by atoms with E-state index in [0.717, 1.165) is 44.8 Å². The predicted octanol–water partition coefficient (Wildman–Crippen LogP) is 0.716. The van der Waals surface area contributed by atoms with Crippen molar-refractivity contribution in [3.63, 3.8) is 0 Å². The molecule has 2 fully saturated rings. The molecule has 4 heteroatoms. The fraction of sp³-hybridized carbons (Fsp3) is 0.923. The Morgan fingerprint density at radius 2 is 1.94 bits per heavy atom. The van der Waals surface area contributed by atoms with Crippen LogP contribution in [-0.2, 0) is 4.79 Å². The van der Waals surface area contributed by atoms with Gasteiger partial charge >= 0.3 is 0 Å². The van der Waals surface area contributed by atoms with Gasteiger partial charge in [-0.2, -0.15) is 0 Å². The minimum atomic E-state index is 0.177. The van der Waals surface area contributed by atoms with E-state index in [-0.39, 0.29) is 5.91 Å². The molecule has 0 aromatic rings. The Labute approximate surface area is 104 Å². The van der Waals surface area contributed by atoms with Gasteiger partial charge in [-0.05, 0) is 31.6 Å². The first kappa shape index (κ1) is 12.8. The third-order valence-electron chi connectivity index (χ3n) is 3.81. The maximum absolute atomic E-state index is 11.7. The highest BCUT2D eigenvalue weighted by Gasteiger charge is 2.20. The monoisotopic (exact) mass is 239 g/mol. The van der Waals surface area contributed by atoms with Gasteiger partial charge in [0.05, 0.1) is 6.54 Å². The average Bonchev–Trinajstić information content (AvgIpc) is 3.12. The van der Waals surface area contributed by atoms with Crippen molar-refractivity contribution >= 4 is 5.91 Å². The fourth-order valence-electron chi connectivity index (χ4n) is 2.40. The van der Waals surface area contributed by atoms with Gasteiger partial charge in [0, 0.05) is 25.7 Å². The van der Waals surface area contributed by atoms with E-state index < -0.39 is 0 Å². The Hall–Kier alpha value is -0.610. The summed E-state index contributed by atoms with van der Waals surface area (Å²) in [5.41, 5.74) is 5.83. The fourth-order valence-corrected chi connectivity index (χ4v) is 2.40. The molecule has 0 spiro atoms. The molecule has 1 saturated carbocycles. The molecule has 2 aliphatic rings. The largest absolute Gasteiger partial charge is 0.355 e. The third kappa shape index (κ3) is 5.04. The Bertz CT molecular complexity index is 245. The number of carbonyl (C=O) groups is 1. The van der Waals surface area contributed by atoms with Gasteiger partial charge in [0.1, 0.15) is 0 Å². The van der Waals surface area contributed by atoms with Crippen LogP contribution < -0.4 is 11.1 Å². The molecule has 0 atom stereocenters. The minimum Gasteiger partial charge on any atom is -0.355 e. The zero-order valence-corrected chi connectivity index (χ0v) is 10.7. The molecule has 0 aromatic heterocycles. The van der Waals surface area contributed by atoms with Crippen molar-refractivity contribution in [1.29, 1.82) is 0 Å². The summed E-state index contributed by atoms with van der Waals surface area (Å²) in [6, 6.07) is 0.341. The molecule has 3 N–H and O–H groups in total. The molecule has 1 aliphatic carbocycles. The van der Waals surface area contributed by atoms with Crippen molar-refractivity contribution in [3.8, 4) is 0 Å². The van der Waals surface area contributed by atoms with Gasteiger partial charge in [-0.1, -0.05) is 12.8 Å². The van der Waals surface area contributed by atoms with Crippen LogP contribution in [0.1, 0.15) is 38.5 Å². The van der Waals surface area contributed by atoms with E-state index in [2.05, 4.69) is 10.2 Å². The van der Waals surface area contributed by atoms with Crippen molar-refractivity contribution in [2.75, 3.05) is 26.2 Å². The second-order valence-corrected chi connectivity index (χ2v) is 5.55. The van der Waals surface area contributed by atoms with Gasteiger partial charge < -0.3 is 11.1 Å². The highest BCUT2D eigenvalue weighted by Crippen LogP contribution is 2.33. The van der Waals surface area contributed by atoms with Crippen LogP contribution in [0.5, 0.6) is 0 Å². The van der Waals surface area contributed by atoms with E-state index in [4.69, 9.17) is 5.73 Å². The standard InChI is InChI=1S/C13H25N3O/c14-12-5-8-16(9-6-12)10-13(17)15-7-1-2-11-3-4-11/h11-12H,1-10,14H2,(H,15,17). The van der Waals surface area contributed by atoms with Crippen LogP contribution in [0, 0.1) is 5.92 Å². The lowest BCUT2D eigenvalue weighted by atomic mass is 10.1. The molecule has 98 valence electrons. The highest BCUT2D eigenvalue weighted by molar-refractivity contribution is 5.77. The molecule has 1 saturated heterocycles. The predicted molar refractivity (Wildman–Crippen MR) is 68.6 cm³/mol. The van der Waals surface area contributed by atoms with Crippen molar-refractivity contribution in [1.82, 2.24) is 10.2 Å². The first-order valence-electron chi connectivity index (χ1n) is 6.98. The second-order valence-electron chi connectivity index (χ2n) is 5.55. The van der Waals surface area contributed by atoms with Crippen LogP contribution in [0.4, 0.5) is 0 Å². The number of nitrogens with zero attached hydrogens (tertiary/aromatic N) is 1. The zero-order valence-electron chi connectivity index (χ0n) is 10.7. The van der Waals surface area contributed by atoms with Crippen molar-refractivity contribution < 1.29 is 4.79 Å². The number of hydrogen-bond acceptors (Lipinski definition) is 3. The normalized spacial score (nSPS) is 22.6. The molecule has 17 heavy (non-hydrogen) atoms. The molecular weight excluding hydrogens is 214 g/mol. The molecule has 2 rings (SSSR count). The van der Waals surface area contributed by atoms with Gasteiger partial charge in [-0.3, -0.25) is 9.69 Å². The van der Waals surface area contributed by atoms with Crippen molar-refractivity contribution in [2.45, 2.75) is 44.6 Å². The van der Waals surface area contributed by atoms with Crippen LogP contribution in [0.15, 0.2) is 0 Å². The third-order valence-corrected chi connectivity index (χ3v) is 3.81. The number of nitrogens with one attached hydrogen (secondary N) is 1. The van der Waals surface area contributed by atoms with E-state index in [0.29, 0.717) is 12.6 Å². The molecule has 4 nitrogen and oxygen atoms in total. The smallest absolute Gasteiger partial charge is 0.234 e. The summed E-state index contributed by atoms with van der Waals surface area (Å²) in [6.45, 7) is 3.34. The number of rotatable bonds is 6. The summed E-state index contributed by atoms with van der Waals surface area (Å²) in [5.74, 6) is 1.15. The number of amides is 1. The second kappa shape index (κ2) is 6.36. The molecule has 0 unspecified atom stereocenters. The van der Waals surface area contributed by atoms with Crippen molar-refractivity contribution in [3.05, 3.63) is 0 Å². The lowest BCUT2D eigenvalue weighted by Crippen LogP contribution is -2.44. The molecule has 0 aromatic carbocycles. The minimum absolute atomic E-state index is 0.177. The molecular formula is C13H25N3O. The molecule has 1 aliphatic heterocycles. The molecule has 0 bridgehead atoms. The first-order valence-corrected chi connectivity index (χ1v) is 6.98. The number of nitrogens with two attached hydrogens (primary N) is 1. The molecule has 0 radical (unpaired) electrons. The lowest BCUT2D eigenvalue weighted by molar-refractivity contribution is -0.122. The van der Waals surface area contributed by atoms with Crippen molar-refractivity contribution in [2.24, 2.45) is 11.7 Å². The summed E-state index contributed by atoms with van der Waals surface area (Å²) >= 11 is 0. The Kier molecular flexibility index (Phi) is 4.80. The van der Waals surface area contributed by atoms with E-state index in [1.54, 1.807) is 0 Å². The highest BCUT2D eigenvalue weighted by atomic mass is 16.2. The Morgan fingerprint density at radius 3 is 2.59 bits per heavy atom. The maximum atomic E-state index is 11.7. The Morgan fingerprint density at radius 1 is 1.24 bits per heavy atom. The van der Waals surface area contributed by atoms with E-state index in [1.165, 1.54) is 19.3 Å². The maximum Gasteiger partial charge on any atom is 0.234 e. The van der Waals surface area contributed by atoms with Gasteiger partial charge in [0.25, 0.3) is 0 Å². The summed E-state index contributed by atoms with van der Waals surface area (Å²) < 4.78 is 0. The number of carbonyl (C=O) groups excluding carboxylic acids is 1. The van der Waals surface area contributed by atoms with E-state index in [1.807, 2.05) is 0 Å². The topological polar surface area (TPSA) is 58.4 Å². The molecule has 1 heterocycles. The van der Waals surface area contributed by atoms with Gasteiger partial charge in [-0.25, -0.2) is 0 Å². The van der Waals surface area contributed by atoms with Crippen LogP contribution in [-0.4, -0.2) is 43.0 Å². The van der Waals surface area contributed by atoms with Crippen LogP contribution in [0.2, 0.25) is 0 Å². The van der Waals surface area contributed by atoms with Crippen LogP contribution in [0.3, 0.4) is 0 Å². The summed E-state index contributed by atoms with van der Waals surface area (Å²) in [5, 5.41) is 3.01. The SMILES string of the molecule is NC1CCN(CC(=O)NCCCC2CC2)CC1. The van der Waals surface area contributed by atoms with Crippen LogP contribution in [0.25, 0.3) is 0 Å². The zero-order chi connectivity index (χ0) is 12.1. The number of piperidine rings is 1. The van der Waals surface area contributed by atoms with Crippen LogP contribution >= 0.6 is 0 Å². The van der Waals surface area contributed by atoms with E-state index >= 15 is 0 Å². The quantitative estimate of drug-likeness (QED) is 0.671. The summed E-state index contributed by atoms with van der Waals surface area (Å²) in [4.78, 5) is 13.9. The number of likely N-dealkylation sites (tertiary alicyclic amines) is 1. The molecule has 1 amide bonds.